The van der Waals surface area contributed by atoms with Crippen LogP contribution in [0.5, 0.6) is 0 Å². The molecule has 0 N–H and O–H groups in total. The summed E-state index contributed by atoms with van der Waals surface area (Å²) in [6.07, 6.45) is 6.36. The molecule has 0 radical (unpaired) electrons. The Morgan fingerprint density at radius 1 is 1.00 bits per heavy atom. The molecule has 1 aromatic heterocycles. The summed E-state index contributed by atoms with van der Waals surface area (Å²) in [5.41, 5.74) is 0.403. The van der Waals surface area contributed by atoms with Crippen molar-refractivity contribution in [1.82, 2.24) is 19.9 Å². The van der Waals surface area contributed by atoms with E-state index in [1.165, 1.54) is 0 Å². The van der Waals surface area contributed by atoms with Gasteiger partial charge in [0.25, 0.3) is 5.91 Å². The standard InChI is InChI=1S/C20H30N4O3/c1-15-13-18(21-27-15)20(26)23-11-6-17(7-12-23)24-10-4-5-16(14-24)19(25)22-8-2-3-9-22/h13,16-17H,2-12,14H2,1H3/t16-/m0/s1. The molecular weight excluding hydrogens is 344 g/mol. The molecular formula is C20H30N4O3. The zero-order chi connectivity index (χ0) is 18.8. The Bertz CT molecular complexity index is 675. The summed E-state index contributed by atoms with van der Waals surface area (Å²) in [6, 6.07) is 2.18. The van der Waals surface area contributed by atoms with Crippen LogP contribution < -0.4 is 0 Å². The van der Waals surface area contributed by atoms with Crippen molar-refractivity contribution in [3.63, 3.8) is 0 Å². The van der Waals surface area contributed by atoms with E-state index in [1.807, 2.05) is 4.90 Å². The topological polar surface area (TPSA) is 69.9 Å². The molecule has 27 heavy (non-hydrogen) atoms. The number of piperidine rings is 2. The van der Waals surface area contributed by atoms with Crippen LogP contribution in [0.3, 0.4) is 0 Å². The van der Waals surface area contributed by atoms with E-state index < -0.39 is 0 Å². The molecule has 0 aliphatic carbocycles. The Labute approximate surface area is 160 Å². The maximum atomic E-state index is 12.8. The molecule has 7 nitrogen and oxygen atoms in total. The first-order chi connectivity index (χ1) is 13.1. The largest absolute Gasteiger partial charge is 0.361 e. The van der Waals surface area contributed by atoms with Crippen LogP contribution in [0, 0.1) is 12.8 Å². The molecule has 7 heteroatoms. The minimum atomic E-state index is -0.0361. The third kappa shape index (κ3) is 4.03. The average molecular weight is 374 g/mol. The lowest BCUT2D eigenvalue weighted by atomic mass is 9.93. The molecule has 3 saturated heterocycles. The van der Waals surface area contributed by atoms with Gasteiger partial charge in [-0.2, -0.15) is 0 Å². The minimum absolute atomic E-state index is 0.0361. The van der Waals surface area contributed by atoms with Gasteiger partial charge in [0, 0.05) is 44.8 Å². The van der Waals surface area contributed by atoms with Gasteiger partial charge in [0.05, 0.1) is 5.92 Å². The maximum absolute atomic E-state index is 12.8. The zero-order valence-corrected chi connectivity index (χ0v) is 16.2. The van der Waals surface area contributed by atoms with Gasteiger partial charge in [-0.1, -0.05) is 5.16 Å². The van der Waals surface area contributed by atoms with E-state index in [1.54, 1.807) is 13.0 Å². The van der Waals surface area contributed by atoms with Crippen molar-refractivity contribution in [2.45, 2.75) is 51.5 Å². The Hall–Kier alpha value is -1.89. The summed E-state index contributed by atoms with van der Waals surface area (Å²) in [5.74, 6) is 1.15. The molecule has 4 heterocycles. The minimum Gasteiger partial charge on any atom is -0.361 e. The predicted octanol–water partition coefficient (Wildman–Crippen LogP) is 1.92. The van der Waals surface area contributed by atoms with Crippen LogP contribution in [0.15, 0.2) is 10.6 Å². The maximum Gasteiger partial charge on any atom is 0.276 e. The van der Waals surface area contributed by atoms with Gasteiger partial charge in [0.1, 0.15) is 5.76 Å². The predicted molar refractivity (Wildman–Crippen MR) is 100 cm³/mol. The van der Waals surface area contributed by atoms with Crippen molar-refractivity contribution in [3.8, 4) is 0 Å². The van der Waals surface area contributed by atoms with Gasteiger partial charge in [0.2, 0.25) is 5.91 Å². The number of likely N-dealkylation sites (tertiary alicyclic amines) is 3. The van der Waals surface area contributed by atoms with Crippen molar-refractivity contribution in [1.29, 1.82) is 0 Å². The molecule has 0 aromatic carbocycles. The van der Waals surface area contributed by atoms with E-state index in [0.29, 0.717) is 23.4 Å². The highest BCUT2D eigenvalue weighted by Gasteiger charge is 2.35. The molecule has 0 bridgehead atoms. The molecule has 4 rings (SSSR count). The van der Waals surface area contributed by atoms with Crippen molar-refractivity contribution in [2.24, 2.45) is 5.92 Å². The summed E-state index contributed by atoms with van der Waals surface area (Å²) >= 11 is 0. The summed E-state index contributed by atoms with van der Waals surface area (Å²) in [5, 5.41) is 3.85. The fourth-order valence-electron chi connectivity index (χ4n) is 4.80. The second kappa shape index (κ2) is 8.00. The molecule has 148 valence electrons. The van der Waals surface area contributed by atoms with Gasteiger partial charge < -0.3 is 14.3 Å². The number of nitrogens with zero attached hydrogens (tertiary/aromatic N) is 4. The summed E-state index contributed by atoms with van der Waals surface area (Å²) < 4.78 is 5.03. The fraction of sp³-hybridized carbons (Fsp3) is 0.750. The third-order valence-electron chi connectivity index (χ3n) is 6.33. The number of hydrogen-bond donors (Lipinski definition) is 0. The van der Waals surface area contributed by atoms with Gasteiger partial charge in [0.15, 0.2) is 5.69 Å². The Balaban J connectivity index is 1.30. The van der Waals surface area contributed by atoms with Crippen molar-refractivity contribution < 1.29 is 14.1 Å². The first-order valence-electron chi connectivity index (χ1n) is 10.4. The Morgan fingerprint density at radius 3 is 2.41 bits per heavy atom. The van der Waals surface area contributed by atoms with Crippen LogP contribution in [-0.4, -0.2) is 77.0 Å². The highest BCUT2D eigenvalue weighted by molar-refractivity contribution is 5.92. The summed E-state index contributed by atoms with van der Waals surface area (Å²) in [6.45, 7) is 7.13. The SMILES string of the molecule is Cc1cc(C(=O)N2CCC(N3CCC[C@H](C(=O)N4CCCC4)C3)CC2)no1. The third-order valence-corrected chi connectivity index (χ3v) is 6.33. The van der Waals surface area contributed by atoms with E-state index >= 15 is 0 Å². The lowest BCUT2D eigenvalue weighted by molar-refractivity contribution is -0.136. The first-order valence-corrected chi connectivity index (χ1v) is 10.4. The summed E-state index contributed by atoms with van der Waals surface area (Å²) in [4.78, 5) is 31.7. The monoisotopic (exact) mass is 374 g/mol. The van der Waals surface area contributed by atoms with Crippen LogP contribution >= 0.6 is 0 Å². The van der Waals surface area contributed by atoms with Gasteiger partial charge in [-0.05, 0) is 52.0 Å². The van der Waals surface area contributed by atoms with Gasteiger partial charge in [-0.3, -0.25) is 14.5 Å². The molecule has 3 aliphatic heterocycles. The number of aryl methyl sites for hydroxylation is 1. The molecule has 0 spiro atoms. The van der Waals surface area contributed by atoms with Crippen molar-refractivity contribution >= 4 is 11.8 Å². The number of carbonyl (C=O) groups excluding carboxylic acids is 2. The number of aromatic nitrogens is 1. The normalized spacial score (nSPS) is 25.1. The number of carbonyl (C=O) groups is 2. The van der Waals surface area contributed by atoms with E-state index in [9.17, 15) is 9.59 Å². The van der Waals surface area contributed by atoms with E-state index in [0.717, 1.165) is 77.8 Å². The number of amides is 2. The van der Waals surface area contributed by atoms with E-state index in [-0.39, 0.29) is 11.8 Å². The van der Waals surface area contributed by atoms with Crippen LogP contribution in [-0.2, 0) is 4.79 Å². The fourth-order valence-corrected chi connectivity index (χ4v) is 4.80. The molecule has 2 amide bonds. The molecule has 0 saturated carbocycles. The first kappa shape index (κ1) is 18.5. The van der Waals surface area contributed by atoms with Crippen molar-refractivity contribution in [2.75, 3.05) is 39.3 Å². The van der Waals surface area contributed by atoms with Crippen LogP contribution in [0.4, 0.5) is 0 Å². The quantitative estimate of drug-likeness (QED) is 0.808. The smallest absolute Gasteiger partial charge is 0.276 e. The van der Waals surface area contributed by atoms with Crippen LogP contribution in [0.1, 0.15) is 54.8 Å². The average Bonchev–Trinajstić information content (AvgIpc) is 3.39. The van der Waals surface area contributed by atoms with E-state index in [4.69, 9.17) is 4.52 Å². The summed E-state index contributed by atoms with van der Waals surface area (Å²) in [7, 11) is 0. The van der Waals surface area contributed by atoms with Gasteiger partial charge >= 0.3 is 0 Å². The van der Waals surface area contributed by atoms with Gasteiger partial charge in [-0.25, -0.2) is 0 Å². The van der Waals surface area contributed by atoms with E-state index in [2.05, 4.69) is 15.0 Å². The second-order valence-corrected chi connectivity index (χ2v) is 8.21. The highest BCUT2D eigenvalue weighted by Crippen LogP contribution is 2.26. The molecule has 1 atom stereocenters. The van der Waals surface area contributed by atoms with Gasteiger partial charge in [-0.15, -0.1) is 0 Å². The molecule has 0 unspecified atom stereocenters. The Kier molecular flexibility index (Phi) is 5.48. The van der Waals surface area contributed by atoms with Crippen molar-refractivity contribution in [3.05, 3.63) is 17.5 Å². The number of rotatable bonds is 3. The zero-order valence-electron chi connectivity index (χ0n) is 16.2. The van der Waals surface area contributed by atoms with Crippen LogP contribution in [0.2, 0.25) is 0 Å². The molecule has 3 aliphatic rings. The lowest BCUT2D eigenvalue weighted by Gasteiger charge is -2.42. The molecule has 1 aromatic rings. The Morgan fingerprint density at radius 2 is 1.74 bits per heavy atom. The number of hydrogen-bond acceptors (Lipinski definition) is 5. The van der Waals surface area contributed by atoms with Crippen LogP contribution in [0.25, 0.3) is 0 Å². The highest BCUT2D eigenvalue weighted by atomic mass is 16.5. The molecule has 3 fully saturated rings. The lowest BCUT2D eigenvalue weighted by Crippen LogP contribution is -2.51. The second-order valence-electron chi connectivity index (χ2n) is 8.21.